The predicted octanol–water partition coefficient (Wildman–Crippen LogP) is 3.82. The fourth-order valence-corrected chi connectivity index (χ4v) is 2.48. The summed E-state index contributed by atoms with van der Waals surface area (Å²) in [7, 11) is 0. The van der Waals surface area contributed by atoms with Gasteiger partial charge in [0.1, 0.15) is 11.3 Å². The monoisotopic (exact) mass is 337 g/mol. The summed E-state index contributed by atoms with van der Waals surface area (Å²) in [4.78, 5) is 23.7. The topological polar surface area (TPSA) is 68.5 Å². The normalized spacial score (nSPS) is 12.0. The zero-order chi connectivity index (χ0) is 18.0. The molecule has 1 amide bonds. The highest BCUT2D eigenvalue weighted by molar-refractivity contribution is 5.95. The number of anilines is 1. The molecule has 0 fully saturated rings. The Morgan fingerprint density at radius 2 is 1.84 bits per heavy atom. The van der Waals surface area contributed by atoms with Crippen molar-refractivity contribution < 1.29 is 13.9 Å². The maximum Gasteiger partial charge on any atom is 0.336 e. The summed E-state index contributed by atoms with van der Waals surface area (Å²) in [6, 6.07) is 14.1. The van der Waals surface area contributed by atoms with Gasteiger partial charge in [0.15, 0.2) is 6.10 Å². The first kappa shape index (κ1) is 16.8. The van der Waals surface area contributed by atoms with E-state index in [1.165, 1.54) is 6.07 Å². The maximum absolute atomic E-state index is 12.4. The zero-order valence-corrected chi connectivity index (χ0v) is 14.3. The van der Waals surface area contributed by atoms with Crippen molar-refractivity contribution in [2.24, 2.45) is 0 Å². The van der Waals surface area contributed by atoms with E-state index in [1.54, 1.807) is 31.2 Å². The lowest BCUT2D eigenvalue weighted by Gasteiger charge is -2.16. The largest absolute Gasteiger partial charge is 0.481 e. The van der Waals surface area contributed by atoms with Gasteiger partial charge in [-0.3, -0.25) is 4.79 Å². The zero-order valence-electron chi connectivity index (χ0n) is 14.3. The third-order valence-electron chi connectivity index (χ3n) is 3.93. The van der Waals surface area contributed by atoms with Gasteiger partial charge in [0.2, 0.25) is 0 Å². The number of amides is 1. The first-order valence-corrected chi connectivity index (χ1v) is 8.01. The van der Waals surface area contributed by atoms with E-state index in [9.17, 15) is 9.59 Å². The number of fused-ring (bicyclic) bond motifs is 1. The van der Waals surface area contributed by atoms with Gasteiger partial charge in [-0.25, -0.2) is 4.79 Å². The number of carbonyl (C=O) groups is 1. The van der Waals surface area contributed by atoms with E-state index in [1.807, 2.05) is 32.0 Å². The van der Waals surface area contributed by atoms with Crippen LogP contribution in [0.5, 0.6) is 5.75 Å². The number of ether oxygens (including phenoxy) is 1. The molecule has 0 unspecified atom stereocenters. The lowest BCUT2D eigenvalue weighted by molar-refractivity contribution is -0.122. The minimum atomic E-state index is -0.701. The molecule has 0 saturated carbocycles. The first-order valence-electron chi connectivity index (χ1n) is 8.01. The molecule has 0 aliphatic heterocycles. The van der Waals surface area contributed by atoms with Gasteiger partial charge in [-0.05, 0) is 56.2 Å². The maximum atomic E-state index is 12.4. The van der Waals surface area contributed by atoms with Crippen LogP contribution in [0.3, 0.4) is 0 Å². The Kier molecular flexibility index (Phi) is 4.57. The van der Waals surface area contributed by atoms with Gasteiger partial charge in [0, 0.05) is 23.2 Å². The van der Waals surface area contributed by atoms with Crippen LogP contribution in [0, 0.1) is 13.8 Å². The fourth-order valence-electron chi connectivity index (χ4n) is 2.48. The molecule has 0 saturated heterocycles. The number of rotatable bonds is 4. The van der Waals surface area contributed by atoms with Crippen LogP contribution in [0.1, 0.15) is 18.1 Å². The Balaban J connectivity index is 1.75. The SMILES string of the molecule is Cc1ccc(C)c(NC(=O)[C@H](C)Oc2ccc3ccc(=O)oc3c2)c1. The molecule has 1 atom stereocenters. The molecule has 3 aromatic rings. The summed E-state index contributed by atoms with van der Waals surface area (Å²) in [5.74, 6) is 0.216. The average Bonchev–Trinajstić information content (AvgIpc) is 2.57. The fraction of sp³-hybridized carbons (Fsp3) is 0.200. The van der Waals surface area contributed by atoms with Crippen molar-refractivity contribution in [3.05, 3.63) is 70.1 Å². The molecule has 5 heteroatoms. The molecule has 2 aromatic carbocycles. The summed E-state index contributed by atoms with van der Waals surface area (Å²) in [5.41, 5.74) is 2.82. The lowest BCUT2D eigenvalue weighted by atomic mass is 10.1. The van der Waals surface area contributed by atoms with E-state index in [4.69, 9.17) is 9.15 Å². The third kappa shape index (κ3) is 3.88. The Hall–Kier alpha value is -3.08. The van der Waals surface area contributed by atoms with Crippen LogP contribution in [0.4, 0.5) is 5.69 Å². The van der Waals surface area contributed by atoms with Gasteiger partial charge in [-0.15, -0.1) is 0 Å². The molecule has 0 spiro atoms. The molecule has 1 N–H and O–H groups in total. The van der Waals surface area contributed by atoms with E-state index in [0.29, 0.717) is 11.3 Å². The van der Waals surface area contributed by atoms with Crippen LogP contribution in [-0.2, 0) is 4.79 Å². The number of hydrogen-bond donors (Lipinski definition) is 1. The summed E-state index contributed by atoms with van der Waals surface area (Å²) >= 11 is 0. The van der Waals surface area contributed by atoms with E-state index in [2.05, 4.69) is 5.32 Å². The predicted molar refractivity (Wildman–Crippen MR) is 97.1 cm³/mol. The molecule has 0 radical (unpaired) electrons. The second-order valence-electron chi connectivity index (χ2n) is 6.02. The van der Waals surface area contributed by atoms with Gasteiger partial charge >= 0.3 is 5.63 Å². The van der Waals surface area contributed by atoms with Gasteiger partial charge in [0.25, 0.3) is 5.91 Å². The number of benzene rings is 2. The summed E-state index contributed by atoms with van der Waals surface area (Å²) in [5, 5.41) is 3.67. The molecule has 0 bridgehead atoms. The quantitative estimate of drug-likeness (QED) is 0.735. The molecule has 0 aliphatic carbocycles. The molecule has 128 valence electrons. The van der Waals surface area contributed by atoms with Gasteiger partial charge in [-0.2, -0.15) is 0 Å². The van der Waals surface area contributed by atoms with Crippen molar-refractivity contribution in [1.82, 2.24) is 0 Å². The molecule has 0 aliphatic rings. The van der Waals surface area contributed by atoms with E-state index < -0.39 is 11.7 Å². The van der Waals surface area contributed by atoms with Crippen molar-refractivity contribution >= 4 is 22.6 Å². The van der Waals surface area contributed by atoms with Crippen LogP contribution >= 0.6 is 0 Å². The Labute approximate surface area is 145 Å². The molecular formula is C20H19NO4. The highest BCUT2D eigenvalue weighted by Gasteiger charge is 2.16. The summed E-state index contributed by atoms with van der Waals surface area (Å²) in [6.07, 6.45) is -0.701. The molecular weight excluding hydrogens is 318 g/mol. The second kappa shape index (κ2) is 6.81. The average molecular weight is 337 g/mol. The van der Waals surface area contributed by atoms with Crippen molar-refractivity contribution in [3.8, 4) is 5.75 Å². The Bertz CT molecular complexity index is 990. The Morgan fingerprint density at radius 1 is 1.08 bits per heavy atom. The highest BCUT2D eigenvalue weighted by Crippen LogP contribution is 2.21. The minimum absolute atomic E-state index is 0.247. The van der Waals surface area contributed by atoms with E-state index in [0.717, 1.165) is 22.2 Å². The van der Waals surface area contributed by atoms with E-state index in [-0.39, 0.29) is 5.91 Å². The number of carbonyl (C=O) groups excluding carboxylic acids is 1. The van der Waals surface area contributed by atoms with Gasteiger partial charge < -0.3 is 14.5 Å². The van der Waals surface area contributed by atoms with E-state index >= 15 is 0 Å². The van der Waals surface area contributed by atoms with Crippen LogP contribution in [0.15, 0.2) is 57.7 Å². The van der Waals surface area contributed by atoms with Crippen LogP contribution < -0.4 is 15.7 Å². The number of nitrogens with one attached hydrogen (secondary N) is 1. The van der Waals surface area contributed by atoms with Crippen molar-refractivity contribution in [1.29, 1.82) is 0 Å². The first-order chi connectivity index (χ1) is 11.9. The molecule has 25 heavy (non-hydrogen) atoms. The third-order valence-corrected chi connectivity index (χ3v) is 3.93. The smallest absolute Gasteiger partial charge is 0.336 e. The Morgan fingerprint density at radius 3 is 2.64 bits per heavy atom. The van der Waals surface area contributed by atoms with Gasteiger partial charge in [-0.1, -0.05) is 12.1 Å². The van der Waals surface area contributed by atoms with Crippen LogP contribution in [0.25, 0.3) is 11.0 Å². The van der Waals surface area contributed by atoms with Crippen molar-refractivity contribution in [2.45, 2.75) is 26.9 Å². The number of aryl methyl sites for hydroxylation is 2. The number of hydrogen-bond acceptors (Lipinski definition) is 4. The van der Waals surface area contributed by atoms with Crippen molar-refractivity contribution in [2.75, 3.05) is 5.32 Å². The summed E-state index contributed by atoms with van der Waals surface area (Å²) in [6.45, 7) is 5.58. The summed E-state index contributed by atoms with van der Waals surface area (Å²) < 4.78 is 10.8. The molecule has 1 heterocycles. The molecule has 1 aromatic heterocycles. The molecule has 3 rings (SSSR count). The van der Waals surface area contributed by atoms with Crippen molar-refractivity contribution in [3.63, 3.8) is 0 Å². The van der Waals surface area contributed by atoms with Crippen LogP contribution in [-0.4, -0.2) is 12.0 Å². The molecule has 5 nitrogen and oxygen atoms in total. The van der Waals surface area contributed by atoms with Crippen LogP contribution in [0.2, 0.25) is 0 Å². The minimum Gasteiger partial charge on any atom is -0.481 e. The van der Waals surface area contributed by atoms with Gasteiger partial charge in [0.05, 0.1) is 0 Å². The lowest BCUT2D eigenvalue weighted by Crippen LogP contribution is -2.30. The standard InChI is InChI=1S/C20H19NO4/c1-12-4-5-13(2)17(10-12)21-20(23)14(3)24-16-8-6-15-7-9-19(22)25-18(15)11-16/h4-11,14H,1-3H3,(H,21,23)/t14-/m0/s1. The second-order valence-corrected chi connectivity index (χ2v) is 6.02. The highest BCUT2D eigenvalue weighted by atomic mass is 16.5.